The van der Waals surface area contributed by atoms with Gasteiger partial charge in [-0.15, -0.1) is 0 Å². The van der Waals surface area contributed by atoms with E-state index in [0.717, 1.165) is 6.42 Å². The number of amides is 1. The second-order valence-corrected chi connectivity index (χ2v) is 9.57. The third-order valence-corrected chi connectivity index (χ3v) is 6.76. The summed E-state index contributed by atoms with van der Waals surface area (Å²) in [7, 11) is -2.32. The minimum Gasteiger partial charge on any atom is -0.495 e. The van der Waals surface area contributed by atoms with Crippen LogP contribution in [-0.2, 0) is 16.4 Å². The van der Waals surface area contributed by atoms with E-state index < -0.39 is 15.9 Å². The van der Waals surface area contributed by atoms with Gasteiger partial charge in [0.15, 0.2) is 5.76 Å². The van der Waals surface area contributed by atoms with Crippen molar-refractivity contribution in [3.8, 4) is 5.75 Å². The van der Waals surface area contributed by atoms with Crippen LogP contribution in [0, 0.1) is 6.92 Å². The largest absolute Gasteiger partial charge is 0.495 e. The number of methoxy groups -OCH3 is 1. The zero-order valence-corrected chi connectivity index (χ0v) is 19.6. The van der Waals surface area contributed by atoms with Crippen molar-refractivity contribution in [3.05, 3.63) is 76.2 Å². The van der Waals surface area contributed by atoms with E-state index in [2.05, 4.69) is 15.2 Å². The molecule has 3 aromatic rings. The molecule has 33 heavy (non-hydrogen) atoms. The number of benzene rings is 2. The number of rotatable bonds is 6. The van der Waals surface area contributed by atoms with Crippen LogP contribution in [0.15, 0.2) is 62.9 Å². The van der Waals surface area contributed by atoms with E-state index in [0.29, 0.717) is 51.9 Å². The maximum atomic E-state index is 13.0. The van der Waals surface area contributed by atoms with Crippen molar-refractivity contribution in [2.75, 3.05) is 12.4 Å². The molecule has 1 aliphatic rings. The molecule has 0 saturated heterocycles. The maximum absolute atomic E-state index is 13.0. The predicted molar refractivity (Wildman–Crippen MR) is 126 cm³/mol. The molecule has 1 aliphatic carbocycles. The highest BCUT2D eigenvalue weighted by atomic mass is 35.5. The number of halogens is 1. The Labute approximate surface area is 196 Å². The van der Waals surface area contributed by atoms with Gasteiger partial charge in [0, 0.05) is 22.6 Å². The highest BCUT2D eigenvalue weighted by Gasteiger charge is 2.29. The standard InChI is InChI=1S/C23H22ClN3O5S/c1-14-21-17(26-27-33(29,30)16-7-4-3-5-8-16)9-6-10-20(21)32-22(14)23(28)25-18-13-15(24)11-12-19(18)31-2/h3-5,7-8,11-13,27H,6,9-10H2,1-2H3,(H,25,28)/b26-17+. The normalized spacial score (nSPS) is 14.6. The molecule has 1 aromatic heterocycles. The van der Waals surface area contributed by atoms with Crippen molar-refractivity contribution in [2.24, 2.45) is 5.10 Å². The summed E-state index contributed by atoms with van der Waals surface area (Å²) in [5.41, 5.74) is 2.17. The number of fused-ring (bicyclic) bond motifs is 1. The quantitative estimate of drug-likeness (QED) is 0.497. The fraction of sp³-hybridized carbons (Fsp3) is 0.217. The molecule has 0 unspecified atom stereocenters. The van der Waals surface area contributed by atoms with Crippen molar-refractivity contribution in [3.63, 3.8) is 0 Å². The molecule has 1 heterocycles. The molecular weight excluding hydrogens is 466 g/mol. The van der Waals surface area contributed by atoms with Gasteiger partial charge < -0.3 is 14.5 Å². The van der Waals surface area contributed by atoms with Crippen LogP contribution in [0.25, 0.3) is 0 Å². The molecule has 2 aromatic carbocycles. The van der Waals surface area contributed by atoms with Crippen molar-refractivity contribution >= 4 is 38.9 Å². The summed E-state index contributed by atoms with van der Waals surface area (Å²) in [6.45, 7) is 1.75. The summed E-state index contributed by atoms with van der Waals surface area (Å²) in [5, 5.41) is 7.39. The molecule has 0 spiro atoms. The molecule has 0 fully saturated rings. The van der Waals surface area contributed by atoms with Crippen molar-refractivity contribution in [2.45, 2.75) is 31.1 Å². The molecule has 4 rings (SSSR count). The van der Waals surface area contributed by atoms with Gasteiger partial charge in [-0.25, -0.2) is 0 Å². The van der Waals surface area contributed by atoms with E-state index in [1.165, 1.54) is 19.2 Å². The van der Waals surface area contributed by atoms with Crippen LogP contribution in [0.4, 0.5) is 5.69 Å². The minimum absolute atomic E-state index is 0.116. The second-order valence-electron chi connectivity index (χ2n) is 7.47. The first-order valence-electron chi connectivity index (χ1n) is 10.2. The average molecular weight is 488 g/mol. The Bertz CT molecular complexity index is 1330. The highest BCUT2D eigenvalue weighted by Crippen LogP contribution is 2.32. The van der Waals surface area contributed by atoms with Crippen LogP contribution in [0.5, 0.6) is 5.75 Å². The van der Waals surface area contributed by atoms with Crippen molar-refractivity contribution in [1.29, 1.82) is 0 Å². The lowest BCUT2D eigenvalue weighted by Crippen LogP contribution is -2.22. The molecule has 172 valence electrons. The number of sulfonamides is 1. The smallest absolute Gasteiger partial charge is 0.291 e. The van der Waals surface area contributed by atoms with Crippen LogP contribution in [0.3, 0.4) is 0 Å². The number of hydrogen-bond donors (Lipinski definition) is 2. The van der Waals surface area contributed by atoms with E-state index in [1.807, 2.05) is 0 Å². The van der Waals surface area contributed by atoms with E-state index >= 15 is 0 Å². The van der Waals surface area contributed by atoms with Crippen molar-refractivity contribution in [1.82, 2.24) is 4.83 Å². The van der Waals surface area contributed by atoms with E-state index in [9.17, 15) is 13.2 Å². The maximum Gasteiger partial charge on any atom is 0.291 e. The van der Waals surface area contributed by atoms with E-state index in [-0.39, 0.29) is 10.7 Å². The van der Waals surface area contributed by atoms with Crippen LogP contribution in [0.2, 0.25) is 5.02 Å². The number of nitrogens with zero attached hydrogens (tertiary/aromatic N) is 1. The molecule has 0 saturated carbocycles. The molecule has 8 nitrogen and oxygen atoms in total. The molecule has 0 radical (unpaired) electrons. The summed E-state index contributed by atoms with van der Waals surface area (Å²) in [5.74, 6) is 0.716. The fourth-order valence-corrected chi connectivity index (χ4v) is 4.74. The molecular formula is C23H22ClN3O5S. The lowest BCUT2D eigenvalue weighted by atomic mass is 9.93. The van der Waals surface area contributed by atoms with Gasteiger partial charge in [-0.3, -0.25) is 4.79 Å². The highest BCUT2D eigenvalue weighted by molar-refractivity contribution is 7.89. The number of carbonyl (C=O) groups is 1. The Kier molecular flexibility index (Phi) is 6.44. The Morgan fingerprint density at radius 3 is 2.64 bits per heavy atom. The van der Waals surface area contributed by atoms with Crippen LogP contribution in [-0.4, -0.2) is 27.1 Å². The third-order valence-electron chi connectivity index (χ3n) is 5.30. The SMILES string of the molecule is COc1ccc(Cl)cc1NC(=O)c1oc2c(c1C)/C(=N/NS(=O)(=O)c1ccccc1)CCC2. The summed E-state index contributed by atoms with van der Waals surface area (Å²) in [6, 6.07) is 12.9. The van der Waals surface area contributed by atoms with Gasteiger partial charge >= 0.3 is 0 Å². The molecule has 2 N–H and O–H groups in total. The lowest BCUT2D eigenvalue weighted by molar-refractivity contribution is 0.0993. The number of furan rings is 1. The van der Waals surface area contributed by atoms with E-state index in [4.69, 9.17) is 20.8 Å². The molecule has 10 heteroatoms. The monoisotopic (exact) mass is 487 g/mol. The molecule has 0 bridgehead atoms. The van der Waals surface area contributed by atoms with Crippen LogP contribution < -0.4 is 14.9 Å². The van der Waals surface area contributed by atoms with Crippen LogP contribution >= 0.6 is 11.6 Å². The Morgan fingerprint density at radius 1 is 1.15 bits per heavy atom. The Balaban J connectivity index is 1.62. The first-order chi connectivity index (χ1) is 15.8. The minimum atomic E-state index is -3.81. The predicted octanol–water partition coefficient (Wildman–Crippen LogP) is 4.52. The van der Waals surface area contributed by atoms with Gasteiger partial charge in [0.05, 0.1) is 23.4 Å². The number of aryl methyl sites for hydroxylation is 1. The van der Waals surface area contributed by atoms with Crippen molar-refractivity contribution < 1.29 is 22.4 Å². The Morgan fingerprint density at radius 2 is 1.91 bits per heavy atom. The summed E-state index contributed by atoms with van der Waals surface area (Å²) >= 11 is 6.05. The van der Waals surface area contributed by atoms with E-state index in [1.54, 1.807) is 43.3 Å². The van der Waals surface area contributed by atoms with Gasteiger partial charge in [0.2, 0.25) is 0 Å². The lowest BCUT2D eigenvalue weighted by Gasteiger charge is -2.14. The summed E-state index contributed by atoms with van der Waals surface area (Å²) in [6.07, 6.45) is 1.89. The first kappa shape index (κ1) is 22.9. The average Bonchev–Trinajstić information content (AvgIpc) is 3.16. The molecule has 0 aliphatic heterocycles. The second kappa shape index (κ2) is 9.29. The number of ether oxygens (including phenoxy) is 1. The zero-order chi connectivity index (χ0) is 23.6. The number of carbonyl (C=O) groups excluding carboxylic acids is 1. The van der Waals surface area contributed by atoms with Crippen LogP contribution in [0.1, 0.15) is 40.3 Å². The van der Waals surface area contributed by atoms with Gasteiger partial charge in [-0.2, -0.15) is 18.4 Å². The summed E-state index contributed by atoms with van der Waals surface area (Å²) in [4.78, 5) is 15.4. The van der Waals surface area contributed by atoms with Gasteiger partial charge in [-0.05, 0) is 50.1 Å². The first-order valence-corrected chi connectivity index (χ1v) is 12.1. The number of hydrogen-bond acceptors (Lipinski definition) is 6. The zero-order valence-electron chi connectivity index (χ0n) is 18.0. The number of nitrogens with one attached hydrogen (secondary N) is 2. The number of hydrazone groups is 1. The van der Waals surface area contributed by atoms with Gasteiger partial charge in [-0.1, -0.05) is 29.8 Å². The molecule has 0 atom stereocenters. The third kappa shape index (κ3) is 4.74. The molecule has 1 amide bonds. The van der Waals surface area contributed by atoms with Gasteiger partial charge in [0.25, 0.3) is 15.9 Å². The fourth-order valence-electron chi connectivity index (χ4n) is 3.72. The topological polar surface area (TPSA) is 110 Å². The number of anilines is 1. The van der Waals surface area contributed by atoms with Gasteiger partial charge in [0.1, 0.15) is 11.5 Å². The Hall–Kier alpha value is -3.30. The summed E-state index contributed by atoms with van der Waals surface area (Å²) < 4.78 is 36.3.